The average Bonchev–Trinajstić information content (AvgIpc) is 3.02. The van der Waals surface area contributed by atoms with Crippen molar-refractivity contribution in [2.24, 2.45) is 0 Å². The van der Waals surface area contributed by atoms with Crippen molar-refractivity contribution in [2.75, 3.05) is 7.11 Å². The molecule has 0 spiro atoms. The van der Waals surface area contributed by atoms with Crippen molar-refractivity contribution in [3.63, 3.8) is 0 Å². The summed E-state index contributed by atoms with van der Waals surface area (Å²) in [5, 5.41) is 9.40. The maximum Gasteiger partial charge on any atom is 0.326 e. The van der Waals surface area contributed by atoms with E-state index in [-0.39, 0.29) is 22.8 Å². The number of hydrogen-bond acceptors (Lipinski definition) is 6. The summed E-state index contributed by atoms with van der Waals surface area (Å²) >= 11 is 6.38. The number of thiocarbonyl (C=S) groups is 1. The normalized spacial score (nSPS) is 17.0. The lowest BCUT2D eigenvalue weighted by Gasteiger charge is -2.21. The van der Waals surface area contributed by atoms with E-state index < -0.39 is 12.0 Å². The lowest BCUT2D eigenvalue weighted by Crippen LogP contribution is -2.43. The van der Waals surface area contributed by atoms with Crippen LogP contribution in [0.2, 0.25) is 0 Å². The number of carboxylic acids is 1. The molecule has 0 aliphatic carbocycles. The Labute approximate surface area is 200 Å². The van der Waals surface area contributed by atoms with Gasteiger partial charge in [0.2, 0.25) is 0 Å². The van der Waals surface area contributed by atoms with Gasteiger partial charge in [0.05, 0.1) is 18.1 Å². The molecule has 6 nitrogen and oxygen atoms in total. The first-order valence-corrected chi connectivity index (χ1v) is 12.4. The Kier molecular flexibility index (Phi) is 10.5. The summed E-state index contributed by atoms with van der Waals surface area (Å²) in [6, 6.07) is 4.55. The molecule has 8 heteroatoms. The maximum absolute atomic E-state index is 12.8. The molecule has 2 atom stereocenters. The summed E-state index contributed by atoms with van der Waals surface area (Å²) in [5.41, 5.74) is 0.755. The van der Waals surface area contributed by atoms with Gasteiger partial charge in [-0.25, -0.2) is 4.79 Å². The summed E-state index contributed by atoms with van der Waals surface area (Å²) in [6.07, 6.45) is 9.18. The third-order valence-corrected chi connectivity index (χ3v) is 6.67. The highest BCUT2D eigenvalue weighted by atomic mass is 32.2. The second-order valence-corrected chi connectivity index (χ2v) is 9.53. The van der Waals surface area contributed by atoms with Gasteiger partial charge in [-0.3, -0.25) is 9.69 Å². The predicted molar refractivity (Wildman–Crippen MR) is 133 cm³/mol. The third kappa shape index (κ3) is 6.97. The minimum Gasteiger partial charge on any atom is -0.493 e. The summed E-state index contributed by atoms with van der Waals surface area (Å²) in [6.45, 7) is 5.99. The lowest BCUT2D eigenvalue weighted by molar-refractivity contribution is -0.145. The van der Waals surface area contributed by atoms with E-state index in [1.54, 1.807) is 20.1 Å². The van der Waals surface area contributed by atoms with Crippen LogP contribution in [0.25, 0.3) is 6.08 Å². The molecular formula is C24H33NO5S2. The first kappa shape index (κ1) is 26.2. The monoisotopic (exact) mass is 479 g/mol. The summed E-state index contributed by atoms with van der Waals surface area (Å²) in [5.74, 6) is -0.197. The van der Waals surface area contributed by atoms with Crippen molar-refractivity contribution < 1.29 is 24.2 Å². The Morgan fingerprint density at radius 1 is 1.22 bits per heavy atom. The topological polar surface area (TPSA) is 76.1 Å². The molecule has 176 valence electrons. The van der Waals surface area contributed by atoms with Gasteiger partial charge in [0.1, 0.15) is 10.4 Å². The quantitative estimate of drug-likeness (QED) is 0.215. The van der Waals surface area contributed by atoms with Crippen molar-refractivity contribution in [1.29, 1.82) is 0 Å². The van der Waals surface area contributed by atoms with Crippen LogP contribution in [0.3, 0.4) is 0 Å². The number of methoxy groups -OCH3 is 1. The van der Waals surface area contributed by atoms with E-state index in [1.165, 1.54) is 30.6 Å². The van der Waals surface area contributed by atoms with E-state index in [0.29, 0.717) is 16.4 Å². The average molecular weight is 480 g/mol. The molecule has 0 aromatic heterocycles. The van der Waals surface area contributed by atoms with Crippen molar-refractivity contribution in [3.8, 4) is 11.5 Å². The van der Waals surface area contributed by atoms with Gasteiger partial charge in [-0.1, -0.05) is 69.6 Å². The van der Waals surface area contributed by atoms with Gasteiger partial charge in [0.15, 0.2) is 11.5 Å². The fourth-order valence-electron chi connectivity index (χ4n) is 3.55. The van der Waals surface area contributed by atoms with E-state index in [1.807, 2.05) is 18.2 Å². The number of nitrogens with zero attached hydrogens (tertiary/aromatic N) is 1. The van der Waals surface area contributed by atoms with E-state index in [9.17, 15) is 14.7 Å². The Balaban J connectivity index is 2.09. The Morgan fingerprint density at radius 2 is 1.94 bits per heavy atom. The highest BCUT2D eigenvalue weighted by Crippen LogP contribution is 2.36. The molecule has 0 unspecified atom stereocenters. The molecule has 0 bridgehead atoms. The number of hydrogen-bond donors (Lipinski definition) is 1. The van der Waals surface area contributed by atoms with Gasteiger partial charge in [0.25, 0.3) is 5.91 Å². The molecule has 0 saturated carbocycles. The number of rotatable bonds is 13. The first-order valence-electron chi connectivity index (χ1n) is 11.2. The van der Waals surface area contributed by atoms with Crippen molar-refractivity contribution in [2.45, 2.75) is 77.9 Å². The van der Waals surface area contributed by atoms with Crippen LogP contribution in [0, 0.1) is 0 Å². The number of benzene rings is 1. The molecule has 0 radical (unpaired) electrons. The van der Waals surface area contributed by atoms with Gasteiger partial charge in [0, 0.05) is 0 Å². The highest BCUT2D eigenvalue weighted by Gasteiger charge is 2.39. The largest absolute Gasteiger partial charge is 0.493 e. The van der Waals surface area contributed by atoms with Crippen LogP contribution in [0.1, 0.15) is 71.3 Å². The minimum atomic E-state index is -1.06. The van der Waals surface area contributed by atoms with Gasteiger partial charge >= 0.3 is 5.97 Å². The standard InChI is InChI=1S/C24H33NO5S2/c1-5-7-8-9-10-11-16(3)30-19-13-12-17(14-20(19)29-4)15-21-22(26)25(24(31)32-21)18(6-2)23(27)28/h12-16,18H,5-11H2,1-4H3,(H,27,28)/b21-15+/t16-,18+/m1/s1. The molecular weight excluding hydrogens is 446 g/mol. The molecule has 1 amide bonds. The fraction of sp³-hybridized carbons (Fsp3) is 0.542. The zero-order valence-electron chi connectivity index (χ0n) is 19.3. The van der Waals surface area contributed by atoms with E-state index in [4.69, 9.17) is 21.7 Å². The number of aliphatic carboxylic acids is 1. The van der Waals surface area contributed by atoms with Crippen LogP contribution < -0.4 is 9.47 Å². The molecule has 1 N–H and O–H groups in total. The molecule has 1 aliphatic heterocycles. The van der Waals surface area contributed by atoms with Crippen LogP contribution in [0.5, 0.6) is 11.5 Å². The molecule has 1 fully saturated rings. The zero-order chi connectivity index (χ0) is 23.7. The maximum atomic E-state index is 12.8. The summed E-state index contributed by atoms with van der Waals surface area (Å²) < 4.78 is 11.8. The summed E-state index contributed by atoms with van der Waals surface area (Å²) in [7, 11) is 1.58. The van der Waals surface area contributed by atoms with Crippen LogP contribution in [-0.2, 0) is 9.59 Å². The van der Waals surface area contributed by atoms with Gasteiger partial charge in [-0.05, 0) is 50.0 Å². The van der Waals surface area contributed by atoms with Crippen LogP contribution in [0.15, 0.2) is 23.1 Å². The van der Waals surface area contributed by atoms with E-state index >= 15 is 0 Å². The Hall–Kier alpha value is -2.06. The van der Waals surface area contributed by atoms with Crippen LogP contribution in [0.4, 0.5) is 0 Å². The van der Waals surface area contributed by atoms with Gasteiger partial charge in [-0.15, -0.1) is 0 Å². The van der Waals surface area contributed by atoms with Crippen molar-refractivity contribution >= 4 is 46.3 Å². The smallest absolute Gasteiger partial charge is 0.326 e. The number of thioether (sulfide) groups is 1. The number of carboxylic acid groups (broad SMARTS) is 1. The van der Waals surface area contributed by atoms with Crippen molar-refractivity contribution in [3.05, 3.63) is 28.7 Å². The second-order valence-electron chi connectivity index (χ2n) is 7.86. The molecule has 1 aromatic rings. The highest BCUT2D eigenvalue weighted by molar-refractivity contribution is 8.26. The number of carbonyl (C=O) groups is 2. The molecule has 1 heterocycles. The minimum absolute atomic E-state index is 0.0784. The predicted octanol–water partition coefficient (Wildman–Crippen LogP) is 5.89. The van der Waals surface area contributed by atoms with Crippen molar-refractivity contribution in [1.82, 2.24) is 4.90 Å². The SMILES string of the molecule is CCCCCCC[C@@H](C)Oc1ccc(/C=C2/SC(=S)N([C@@H](CC)C(=O)O)C2=O)cc1OC. The first-order chi connectivity index (χ1) is 15.3. The number of carbonyl (C=O) groups excluding carboxylic acids is 1. The third-order valence-electron chi connectivity index (χ3n) is 5.33. The summed E-state index contributed by atoms with van der Waals surface area (Å²) in [4.78, 5) is 25.9. The van der Waals surface area contributed by atoms with E-state index in [0.717, 1.165) is 30.2 Å². The molecule has 1 saturated heterocycles. The van der Waals surface area contributed by atoms with Gasteiger partial charge in [-0.2, -0.15) is 0 Å². The van der Waals surface area contributed by atoms with Crippen LogP contribution >= 0.6 is 24.0 Å². The molecule has 32 heavy (non-hydrogen) atoms. The molecule has 2 rings (SSSR count). The Morgan fingerprint density at radius 3 is 2.56 bits per heavy atom. The number of unbranched alkanes of at least 4 members (excludes halogenated alkanes) is 4. The lowest BCUT2D eigenvalue weighted by atomic mass is 10.1. The van der Waals surface area contributed by atoms with Gasteiger partial charge < -0.3 is 14.6 Å². The van der Waals surface area contributed by atoms with E-state index in [2.05, 4.69) is 13.8 Å². The second kappa shape index (κ2) is 12.8. The fourth-order valence-corrected chi connectivity index (χ4v) is 4.91. The number of amides is 1. The zero-order valence-corrected chi connectivity index (χ0v) is 20.9. The Bertz CT molecular complexity index is 855. The van der Waals surface area contributed by atoms with Crippen LogP contribution in [-0.4, -0.2) is 45.5 Å². The number of ether oxygens (including phenoxy) is 2. The molecule has 1 aromatic carbocycles. The molecule has 1 aliphatic rings.